The second-order valence-corrected chi connectivity index (χ2v) is 10.8. The molecule has 0 saturated heterocycles. The minimum atomic E-state index is -3.52. The number of hydrogen-bond acceptors (Lipinski definition) is 6. The van der Waals surface area contributed by atoms with Crippen molar-refractivity contribution in [3.05, 3.63) is 41.7 Å². The van der Waals surface area contributed by atoms with Crippen LogP contribution in [0.1, 0.15) is 63.4 Å². The largest absolute Gasteiger partial charge is 0.393 e. The molecule has 7 nitrogen and oxygen atoms in total. The molecule has 1 aromatic rings. The number of hydrogen-bond donors (Lipinski definition) is 4. The smallest absolute Gasteiger partial charge is 0.233 e. The number of rotatable bonds is 13. The number of aliphatic hydroxyl groups excluding tert-OH is 3. The monoisotopic (exact) mass is 485 g/mol. The number of aliphatic hydroxyl groups is 3. The molecule has 0 radical (unpaired) electrons. The van der Waals surface area contributed by atoms with Gasteiger partial charge in [-0.3, -0.25) is 9.52 Å². The van der Waals surface area contributed by atoms with E-state index in [-0.39, 0.29) is 24.1 Å². The van der Waals surface area contributed by atoms with E-state index in [1.165, 1.54) is 12.1 Å². The first-order valence-corrected chi connectivity index (χ1v) is 13.4. The van der Waals surface area contributed by atoms with E-state index in [4.69, 9.17) is 0 Å². The first-order valence-electron chi connectivity index (χ1n) is 11.5. The Labute approximate surface area is 195 Å². The Morgan fingerprint density at radius 2 is 1.82 bits per heavy atom. The minimum Gasteiger partial charge on any atom is -0.393 e. The highest BCUT2D eigenvalue weighted by molar-refractivity contribution is 7.89. The quantitative estimate of drug-likeness (QED) is 0.319. The summed E-state index contributed by atoms with van der Waals surface area (Å²) in [4.78, 5) is 11.5. The molecule has 9 heteroatoms. The number of benzene rings is 1. The van der Waals surface area contributed by atoms with E-state index in [9.17, 15) is 32.9 Å². The van der Waals surface area contributed by atoms with Gasteiger partial charge in [0.25, 0.3) is 0 Å². The average Bonchev–Trinajstić information content (AvgIpc) is 2.98. The van der Waals surface area contributed by atoms with Gasteiger partial charge in [0.05, 0.1) is 24.6 Å². The molecule has 1 aromatic carbocycles. The summed E-state index contributed by atoms with van der Waals surface area (Å²) >= 11 is 0. The van der Waals surface area contributed by atoms with E-state index in [0.29, 0.717) is 31.2 Å². The fourth-order valence-corrected chi connectivity index (χ4v) is 5.07. The average molecular weight is 486 g/mol. The van der Waals surface area contributed by atoms with Gasteiger partial charge in [0.1, 0.15) is 5.82 Å². The van der Waals surface area contributed by atoms with Crippen LogP contribution in [0.4, 0.5) is 4.39 Å². The minimum absolute atomic E-state index is 0.0482. The van der Waals surface area contributed by atoms with Crippen LogP contribution >= 0.6 is 0 Å². The first-order chi connectivity index (χ1) is 15.5. The standard InChI is InChI=1S/C24H36FNO6S/c1-33(31,32)26-24(30)10-5-3-2-4-9-20-21(23(29)16-22(20)28)14-13-19(27)12-11-17-7-6-8-18(25)15-17/h6-8,11-12,15,19-23,27-29H,2-5,9-10,13-14,16H2,1H3,(H,26,30)/b12-11+/t19?,20-,21?,22+,23-/m1/s1. The molecule has 1 aliphatic rings. The first kappa shape index (κ1) is 27.4. The van der Waals surface area contributed by atoms with Crippen LogP contribution in [0.2, 0.25) is 0 Å². The lowest BCUT2D eigenvalue weighted by Gasteiger charge is -2.24. The van der Waals surface area contributed by atoms with Crippen molar-refractivity contribution in [2.24, 2.45) is 11.8 Å². The zero-order valence-corrected chi connectivity index (χ0v) is 19.9. The van der Waals surface area contributed by atoms with Gasteiger partial charge in [0.15, 0.2) is 0 Å². The summed E-state index contributed by atoms with van der Waals surface area (Å²) in [7, 11) is -3.52. The number of halogens is 1. The number of carbonyl (C=O) groups is 1. The van der Waals surface area contributed by atoms with Crippen LogP contribution in [-0.4, -0.2) is 54.2 Å². The van der Waals surface area contributed by atoms with E-state index in [2.05, 4.69) is 0 Å². The molecule has 0 aromatic heterocycles. The summed E-state index contributed by atoms with van der Waals surface area (Å²) in [6.07, 6.45) is 7.59. The van der Waals surface area contributed by atoms with E-state index in [1.807, 2.05) is 4.72 Å². The van der Waals surface area contributed by atoms with E-state index in [1.54, 1.807) is 24.3 Å². The van der Waals surface area contributed by atoms with Crippen LogP contribution in [0.25, 0.3) is 6.08 Å². The normalized spacial score (nSPS) is 24.3. The maximum Gasteiger partial charge on any atom is 0.233 e. The molecule has 2 rings (SSSR count). The lowest BCUT2D eigenvalue weighted by molar-refractivity contribution is -0.119. The van der Waals surface area contributed by atoms with Gasteiger partial charge in [-0.15, -0.1) is 0 Å². The Morgan fingerprint density at radius 1 is 1.15 bits per heavy atom. The molecule has 0 spiro atoms. The summed E-state index contributed by atoms with van der Waals surface area (Å²) < 4.78 is 37.2. The zero-order chi connectivity index (χ0) is 24.4. The second kappa shape index (κ2) is 13.2. The maximum atomic E-state index is 13.2. The van der Waals surface area contributed by atoms with Crippen molar-refractivity contribution in [2.45, 2.75) is 76.1 Å². The molecule has 1 saturated carbocycles. The molecule has 5 atom stereocenters. The van der Waals surface area contributed by atoms with Gasteiger partial charge >= 0.3 is 0 Å². The molecule has 1 fully saturated rings. The van der Waals surface area contributed by atoms with Crippen LogP contribution in [0.5, 0.6) is 0 Å². The molecule has 186 valence electrons. The SMILES string of the molecule is CS(=O)(=O)NC(=O)CCCCCC[C@@H]1C(CCC(O)/C=C/c2cccc(F)c2)[C@H](O)C[C@@H]1O. The van der Waals surface area contributed by atoms with E-state index < -0.39 is 34.2 Å². The second-order valence-electron chi connectivity index (χ2n) is 9.01. The molecule has 0 aliphatic heterocycles. The van der Waals surface area contributed by atoms with Gasteiger partial charge in [-0.1, -0.05) is 43.5 Å². The Kier molecular flexibility index (Phi) is 11.0. The number of sulfonamides is 1. The van der Waals surface area contributed by atoms with E-state index in [0.717, 1.165) is 31.9 Å². The van der Waals surface area contributed by atoms with Gasteiger partial charge < -0.3 is 15.3 Å². The third-order valence-corrected chi connectivity index (χ3v) is 6.77. The van der Waals surface area contributed by atoms with Crippen molar-refractivity contribution in [3.63, 3.8) is 0 Å². The highest BCUT2D eigenvalue weighted by atomic mass is 32.2. The molecule has 0 heterocycles. The Hall–Kier alpha value is -1.81. The lowest BCUT2D eigenvalue weighted by Crippen LogP contribution is -2.28. The number of unbranched alkanes of at least 4 members (excludes halogenated alkanes) is 3. The van der Waals surface area contributed by atoms with Crippen molar-refractivity contribution in [1.29, 1.82) is 0 Å². The van der Waals surface area contributed by atoms with Gasteiger partial charge in [-0.25, -0.2) is 12.8 Å². The molecule has 1 amide bonds. The third kappa shape index (κ3) is 10.3. The van der Waals surface area contributed by atoms with Crippen molar-refractivity contribution >= 4 is 22.0 Å². The summed E-state index contributed by atoms with van der Waals surface area (Å²) in [5, 5.41) is 31.0. The Morgan fingerprint density at radius 3 is 2.48 bits per heavy atom. The van der Waals surface area contributed by atoms with Crippen LogP contribution in [0, 0.1) is 17.7 Å². The third-order valence-electron chi connectivity index (χ3n) is 6.17. The lowest BCUT2D eigenvalue weighted by atomic mass is 9.85. The van der Waals surface area contributed by atoms with Crippen LogP contribution < -0.4 is 4.72 Å². The van der Waals surface area contributed by atoms with Crippen LogP contribution in [0.15, 0.2) is 30.3 Å². The Balaban J connectivity index is 1.72. The summed E-state index contributed by atoms with van der Waals surface area (Å²) in [5.74, 6) is -0.989. The van der Waals surface area contributed by atoms with Gasteiger partial charge in [-0.05, 0) is 61.6 Å². The number of carbonyl (C=O) groups excluding carboxylic acids is 1. The van der Waals surface area contributed by atoms with Crippen molar-refractivity contribution in [1.82, 2.24) is 4.72 Å². The molecular weight excluding hydrogens is 449 g/mol. The highest BCUT2D eigenvalue weighted by Gasteiger charge is 2.40. The summed E-state index contributed by atoms with van der Waals surface area (Å²) in [5.41, 5.74) is 0.664. The topological polar surface area (TPSA) is 124 Å². The van der Waals surface area contributed by atoms with Gasteiger partial charge in [-0.2, -0.15) is 0 Å². The van der Waals surface area contributed by atoms with Crippen LogP contribution in [-0.2, 0) is 14.8 Å². The summed E-state index contributed by atoms with van der Waals surface area (Å²) in [6, 6.07) is 6.09. The molecule has 1 aliphatic carbocycles. The van der Waals surface area contributed by atoms with Crippen molar-refractivity contribution < 1.29 is 32.9 Å². The molecular formula is C24H36FNO6S. The zero-order valence-electron chi connectivity index (χ0n) is 19.1. The van der Waals surface area contributed by atoms with Gasteiger partial charge in [0, 0.05) is 6.42 Å². The fraction of sp³-hybridized carbons (Fsp3) is 0.625. The number of nitrogens with one attached hydrogen (secondary N) is 1. The van der Waals surface area contributed by atoms with Gasteiger partial charge in [0.2, 0.25) is 15.9 Å². The predicted molar refractivity (Wildman–Crippen MR) is 125 cm³/mol. The Bertz CT molecular complexity index is 891. The predicted octanol–water partition coefficient (Wildman–Crippen LogP) is 2.75. The highest BCUT2D eigenvalue weighted by Crippen LogP contribution is 2.39. The molecule has 0 bridgehead atoms. The van der Waals surface area contributed by atoms with Crippen LogP contribution in [0.3, 0.4) is 0 Å². The number of amides is 1. The van der Waals surface area contributed by atoms with E-state index >= 15 is 0 Å². The molecule has 33 heavy (non-hydrogen) atoms. The molecule has 4 N–H and O–H groups in total. The maximum absolute atomic E-state index is 13.2. The summed E-state index contributed by atoms with van der Waals surface area (Å²) in [6.45, 7) is 0. The fourth-order valence-electron chi connectivity index (χ4n) is 4.55. The molecule has 2 unspecified atom stereocenters. The van der Waals surface area contributed by atoms with Crippen molar-refractivity contribution in [3.8, 4) is 0 Å². The van der Waals surface area contributed by atoms with Crippen molar-refractivity contribution in [2.75, 3.05) is 6.26 Å².